The molecule has 0 aliphatic carbocycles. The predicted octanol–water partition coefficient (Wildman–Crippen LogP) is 2.74. The van der Waals surface area contributed by atoms with Gasteiger partial charge in [-0.25, -0.2) is 0 Å². The molecule has 1 aliphatic rings. The summed E-state index contributed by atoms with van der Waals surface area (Å²) in [6.07, 6.45) is 3.98. The molecule has 0 amide bonds. The molecule has 1 aromatic carbocycles. The fourth-order valence-corrected chi connectivity index (χ4v) is 2.24. The molecule has 1 aromatic rings. The van der Waals surface area contributed by atoms with Crippen LogP contribution in [0.25, 0.3) is 0 Å². The highest BCUT2D eigenvalue weighted by molar-refractivity contribution is 5.31. The summed E-state index contributed by atoms with van der Waals surface area (Å²) in [5.74, 6) is 1.74. The van der Waals surface area contributed by atoms with Gasteiger partial charge in [-0.05, 0) is 43.7 Å². The van der Waals surface area contributed by atoms with Crippen LogP contribution in [0.5, 0.6) is 11.5 Å². The molecule has 0 unspecified atom stereocenters. The molecule has 0 saturated carbocycles. The molecule has 0 atom stereocenters. The molecule has 0 radical (unpaired) electrons. The molecule has 2 rings (SSSR count). The van der Waals surface area contributed by atoms with Gasteiger partial charge >= 0.3 is 0 Å². The first-order valence-corrected chi connectivity index (χ1v) is 7.65. The van der Waals surface area contributed by atoms with E-state index in [9.17, 15) is 0 Å². The fourth-order valence-electron chi connectivity index (χ4n) is 2.24. The van der Waals surface area contributed by atoms with E-state index in [-0.39, 0.29) is 0 Å². The molecule has 1 heterocycles. The average molecular weight is 291 g/mol. The minimum Gasteiger partial charge on any atom is -0.494 e. The van der Waals surface area contributed by atoms with Crippen molar-refractivity contribution in [1.82, 2.24) is 4.90 Å². The number of morpholine rings is 1. The highest BCUT2D eigenvalue weighted by Crippen LogP contribution is 2.17. The van der Waals surface area contributed by atoms with E-state index in [2.05, 4.69) is 11.5 Å². The van der Waals surface area contributed by atoms with E-state index >= 15 is 0 Å². The van der Waals surface area contributed by atoms with Gasteiger partial charge in [-0.2, -0.15) is 0 Å². The predicted molar refractivity (Wildman–Crippen MR) is 84.1 cm³/mol. The van der Waals surface area contributed by atoms with Crippen LogP contribution >= 0.6 is 0 Å². The molecule has 0 spiro atoms. The summed E-state index contributed by atoms with van der Waals surface area (Å²) in [6.45, 7) is 9.92. The van der Waals surface area contributed by atoms with Gasteiger partial charge < -0.3 is 14.2 Å². The molecule has 1 fully saturated rings. The molecule has 0 aromatic heterocycles. The largest absolute Gasteiger partial charge is 0.494 e. The van der Waals surface area contributed by atoms with Gasteiger partial charge in [-0.15, -0.1) is 0 Å². The molecule has 0 bridgehead atoms. The minimum atomic E-state index is 0.530. The average Bonchev–Trinajstić information content (AvgIpc) is 2.55. The van der Waals surface area contributed by atoms with Gasteiger partial charge in [-0.3, -0.25) is 4.90 Å². The van der Waals surface area contributed by atoms with Gasteiger partial charge in [0.15, 0.2) is 0 Å². The van der Waals surface area contributed by atoms with E-state index in [1.165, 1.54) is 6.42 Å². The van der Waals surface area contributed by atoms with E-state index in [4.69, 9.17) is 14.2 Å². The SMILES string of the molecule is C=CCOc1ccc(OCCCCN2CCOCC2)cc1. The molecular weight excluding hydrogens is 266 g/mol. The summed E-state index contributed by atoms with van der Waals surface area (Å²) in [5, 5.41) is 0. The van der Waals surface area contributed by atoms with Crippen molar-refractivity contribution in [3.8, 4) is 11.5 Å². The molecule has 21 heavy (non-hydrogen) atoms. The summed E-state index contributed by atoms with van der Waals surface area (Å²) in [4.78, 5) is 2.45. The normalized spacial score (nSPS) is 15.6. The summed E-state index contributed by atoms with van der Waals surface area (Å²) in [6, 6.07) is 7.74. The summed E-state index contributed by atoms with van der Waals surface area (Å²) >= 11 is 0. The van der Waals surface area contributed by atoms with Crippen LogP contribution in [0.2, 0.25) is 0 Å². The van der Waals surface area contributed by atoms with Crippen LogP contribution in [0.4, 0.5) is 0 Å². The smallest absolute Gasteiger partial charge is 0.120 e. The van der Waals surface area contributed by atoms with E-state index < -0.39 is 0 Å². The van der Waals surface area contributed by atoms with E-state index in [1.807, 2.05) is 24.3 Å². The Morgan fingerprint density at radius 2 is 1.71 bits per heavy atom. The zero-order valence-electron chi connectivity index (χ0n) is 12.6. The number of benzene rings is 1. The summed E-state index contributed by atoms with van der Waals surface area (Å²) < 4.78 is 16.5. The van der Waals surface area contributed by atoms with Crippen molar-refractivity contribution in [2.75, 3.05) is 46.1 Å². The van der Waals surface area contributed by atoms with Gasteiger partial charge in [0.05, 0.1) is 19.8 Å². The third-order valence-electron chi connectivity index (χ3n) is 3.43. The lowest BCUT2D eigenvalue weighted by atomic mass is 10.3. The van der Waals surface area contributed by atoms with Crippen LogP contribution in [0.3, 0.4) is 0 Å². The van der Waals surface area contributed by atoms with Gasteiger partial charge in [-0.1, -0.05) is 12.7 Å². The van der Waals surface area contributed by atoms with E-state index in [1.54, 1.807) is 6.08 Å². The lowest BCUT2D eigenvalue weighted by Crippen LogP contribution is -2.36. The molecule has 4 nitrogen and oxygen atoms in total. The number of hydrogen-bond acceptors (Lipinski definition) is 4. The Bertz CT molecular complexity index is 399. The number of hydrogen-bond donors (Lipinski definition) is 0. The molecule has 4 heteroatoms. The second-order valence-electron chi connectivity index (χ2n) is 5.08. The second-order valence-corrected chi connectivity index (χ2v) is 5.08. The topological polar surface area (TPSA) is 30.9 Å². The third kappa shape index (κ3) is 6.19. The first kappa shape index (κ1) is 15.9. The zero-order valence-corrected chi connectivity index (χ0v) is 12.6. The lowest BCUT2D eigenvalue weighted by Gasteiger charge is -2.26. The van der Waals surface area contributed by atoms with Gasteiger partial charge in [0, 0.05) is 13.1 Å². The van der Waals surface area contributed by atoms with Crippen molar-refractivity contribution in [3.63, 3.8) is 0 Å². The number of ether oxygens (including phenoxy) is 3. The first-order chi connectivity index (χ1) is 10.4. The lowest BCUT2D eigenvalue weighted by molar-refractivity contribution is 0.0368. The molecular formula is C17H25NO3. The zero-order chi connectivity index (χ0) is 14.8. The van der Waals surface area contributed by atoms with Gasteiger partial charge in [0.1, 0.15) is 18.1 Å². The Hall–Kier alpha value is -1.52. The monoisotopic (exact) mass is 291 g/mol. The summed E-state index contributed by atoms with van der Waals surface area (Å²) in [5.41, 5.74) is 0. The quantitative estimate of drug-likeness (QED) is 0.517. The van der Waals surface area contributed by atoms with Gasteiger partial charge in [0.2, 0.25) is 0 Å². The highest BCUT2D eigenvalue weighted by Gasteiger charge is 2.08. The number of nitrogens with zero attached hydrogens (tertiary/aromatic N) is 1. The fraction of sp³-hybridized carbons (Fsp3) is 0.529. The van der Waals surface area contributed by atoms with Crippen molar-refractivity contribution >= 4 is 0 Å². The Morgan fingerprint density at radius 3 is 2.38 bits per heavy atom. The second kappa shape index (κ2) is 9.42. The maximum absolute atomic E-state index is 5.74. The van der Waals surface area contributed by atoms with Crippen LogP contribution in [0.15, 0.2) is 36.9 Å². The van der Waals surface area contributed by atoms with Crippen LogP contribution in [0.1, 0.15) is 12.8 Å². The van der Waals surface area contributed by atoms with Crippen molar-refractivity contribution < 1.29 is 14.2 Å². The van der Waals surface area contributed by atoms with Crippen molar-refractivity contribution in [2.24, 2.45) is 0 Å². The summed E-state index contributed by atoms with van der Waals surface area (Å²) in [7, 11) is 0. The highest BCUT2D eigenvalue weighted by atomic mass is 16.5. The Morgan fingerprint density at radius 1 is 1.05 bits per heavy atom. The Kier molecular flexibility index (Phi) is 7.12. The third-order valence-corrected chi connectivity index (χ3v) is 3.43. The minimum absolute atomic E-state index is 0.530. The van der Waals surface area contributed by atoms with E-state index in [0.29, 0.717) is 6.61 Å². The van der Waals surface area contributed by atoms with Crippen molar-refractivity contribution in [2.45, 2.75) is 12.8 Å². The first-order valence-electron chi connectivity index (χ1n) is 7.65. The van der Waals surface area contributed by atoms with Crippen LogP contribution < -0.4 is 9.47 Å². The van der Waals surface area contributed by atoms with Crippen LogP contribution in [0, 0.1) is 0 Å². The molecule has 1 aliphatic heterocycles. The van der Waals surface area contributed by atoms with Crippen molar-refractivity contribution in [1.29, 1.82) is 0 Å². The molecule has 116 valence electrons. The standard InChI is InChI=1S/C17H25NO3/c1-2-12-20-16-5-7-17(8-6-16)21-13-4-3-9-18-10-14-19-15-11-18/h2,5-8H,1,3-4,9-15H2. The number of rotatable bonds is 9. The Balaban J connectivity index is 1.56. The van der Waals surface area contributed by atoms with Crippen LogP contribution in [-0.4, -0.2) is 51.0 Å². The number of unbranched alkanes of at least 4 members (excludes halogenated alkanes) is 1. The molecule has 1 saturated heterocycles. The van der Waals surface area contributed by atoms with Gasteiger partial charge in [0.25, 0.3) is 0 Å². The van der Waals surface area contributed by atoms with Crippen molar-refractivity contribution in [3.05, 3.63) is 36.9 Å². The maximum atomic E-state index is 5.74. The van der Waals surface area contributed by atoms with Crippen LogP contribution in [-0.2, 0) is 4.74 Å². The molecule has 0 N–H and O–H groups in total. The maximum Gasteiger partial charge on any atom is 0.120 e. The Labute approximate surface area is 127 Å². The van der Waals surface area contributed by atoms with E-state index in [0.717, 1.165) is 57.4 Å².